The summed E-state index contributed by atoms with van der Waals surface area (Å²) in [5.74, 6) is -0.104. The molecule has 150 valence electrons. The first-order valence-electron chi connectivity index (χ1n) is 9.50. The Morgan fingerprint density at radius 1 is 1.04 bits per heavy atom. The van der Waals surface area contributed by atoms with Gasteiger partial charge in [-0.05, 0) is 37.0 Å². The van der Waals surface area contributed by atoms with E-state index in [9.17, 15) is 13.2 Å². The molecular formula is C19H23ClN4O3S. The molecule has 1 saturated heterocycles. The third kappa shape index (κ3) is 3.94. The van der Waals surface area contributed by atoms with Gasteiger partial charge in [-0.15, -0.1) is 0 Å². The van der Waals surface area contributed by atoms with Gasteiger partial charge in [-0.25, -0.2) is 8.42 Å². The van der Waals surface area contributed by atoms with E-state index in [1.165, 1.54) is 4.31 Å². The van der Waals surface area contributed by atoms with Crippen LogP contribution in [0.5, 0.6) is 0 Å². The van der Waals surface area contributed by atoms with Crippen molar-refractivity contribution in [1.29, 1.82) is 0 Å². The van der Waals surface area contributed by atoms with Crippen molar-refractivity contribution < 1.29 is 13.2 Å². The van der Waals surface area contributed by atoms with Crippen LogP contribution >= 0.6 is 11.6 Å². The highest BCUT2D eigenvalue weighted by atomic mass is 35.5. The molecule has 0 radical (unpaired) electrons. The van der Waals surface area contributed by atoms with Crippen LogP contribution < -0.4 is 0 Å². The molecule has 2 aliphatic heterocycles. The number of carbonyl (C=O) groups is 1. The summed E-state index contributed by atoms with van der Waals surface area (Å²) in [7, 11) is -3.43. The maximum Gasteiger partial charge on any atom is 0.257 e. The van der Waals surface area contributed by atoms with E-state index in [0.29, 0.717) is 42.3 Å². The maximum atomic E-state index is 12.9. The number of aromatic nitrogens is 2. The number of nitrogens with zero attached hydrogens (tertiary/aromatic N) is 4. The van der Waals surface area contributed by atoms with E-state index in [0.717, 1.165) is 31.5 Å². The highest BCUT2D eigenvalue weighted by molar-refractivity contribution is 7.88. The second kappa shape index (κ2) is 7.85. The molecular weight excluding hydrogens is 400 g/mol. The first-order valence-corrected chi connectivity index (χ1v) is 11.5. The van der Waals surface area contributed by atoms with Gasteiger partial charge in [0.15, 0.2) is 0 Å². The lowest BCUT2D eigenvalue weighted by molar-refractivity contribution is 0.0696. The molecule has 0 saturated carbocycles. The number of hydrogen-bond donors (Lipinski definition) is 0. The topological polar surface area (TPSA) is 75.5 Å². The molecule has 0 atom stereocenters. The first kappa shape index (κ1) is 19.4. The number of sulfonamides is 1. The molecule has 1 aromatic heterocycles. The summed E-state index contributed by atoms with van der Waals surface area (Å²) >= 11 is 5.86. The van der Waals surface area contributed by atoms with Crippen molar-refractivity contribution in [2.75, 3.05) is 26.2 Å². The van der Waals surface area contributed by atoms with Crippen molar-refractivity contribution in [2.24, 2.45) is 0 Å². The summed E-state index contributed by atoms with van der Waals surface area (Å²) in [4.78, 5) is 14.6. The molecule has 2 aliphatic rings. The minimum absolute atomic E-state index is 0.0436. The molecule has 3 heterocycles. The summed E-state index contributed by atoms with van der Waals surface area (Å²) in [6.45, 7) is 2.27. The third-order valence-electron chi connectivity index (χ3n) is 5.39. The van der Waals surface area contributed by atoms with Gasteiger partial charge in [-0.2, -0.15) is 9.40 Å². The van der Waals surface area contributed by atoms with Crippen molar-refractivity contribution in [3.63, 3.8) is 0 Å². The van der Waals surface area contributed by atoms with Crippen LogP contribution in [0.4, 0.5) is 0 Å². The van der Waals surface area contributed by atoms with Crippen LogP contribution in [-0.2, 0) is 28.7 Å². The second-order valence-electron chi connectivity index (χ2n) is 7.26. The Morgan fingerprint density at radius 2 is 1.75 bits per heavy atom. The number of amides is 1. The van der Waals surface area contributed by atoms with E-state index in [2.05, 4.69) is 5.10 Å². The summed E-state index contributed by atoms with van der Waals surface area (Å²) in [6.07, 6.45) is 4.69. The van der Waals surface area contributed by atoms with Crippen LogP contribution in [-0.4, -0.2) is 59.5 Å². The fourth-order valence-corrected chi connectivity index (χ4v) is 5.46. The Bertz CT molecular complexity index is 964. The van der Waals surface area contributed by atoms with Crippen molar-refractivity contribution >= 4 is 27.5 Å². The van der Waals surface area contributed by atoms with Crippen LogP contribution in [0.25, 0.3) is 0 Å². The molecule has 28 heavy (non-hydrogen) atoms. The first-order chi connectivity index (χ1) is 13.4. The number of piperazine rings is 1. The van der Waals surface area contributed by atoms with Crippen molar-refractivity contribution in [2.45, 2.75) is 31.6 Å². The Morgan fingerprint density at radius 3 is 2.46 bits per heavy atom. The molecule has 2 aromatic rings. The van der Waals surface area contributed by atoms with Gasteiger partial charge in [0, 0.05) is 37.7 Å². The SMILES string of the molecule is O=C(c1cnn2c1CCCC2)N1CCN(S(=O)(=O)Cc2ccc(Cl)cc2)CC1. The molecule has 0 aliphatic carbocycles. The van der Waals surface area contributed by atoms with Gasteiger partial charge >= 0.3 is 0 Å². The predicted molar refractivity (Wildman–Crippen MR) is 107 cm³/mol. The number of carbonyl (C=O) groups excluding carboxylic acids is 1. The van der Waals surface area contributed by atoms with Crippen LogP contribution in [0, 0.1) is 0 Å². The fourth-order valence-electron chi connectivity index (χ4n) is 3.82. The highest BCUT2D eigenvalue weighted by Crippen LogP contribution is 2.21. The Kier molecular flexibility index (Phi) is 5.44. The third-order valence-corrected chi connectivity index (χ3v) is 7.50. The second-order valence-corrected chi connectivity index (χ2v) is 9.66. The zero-order valence-electron chi connectivity index (χ0n) is 15.6. The minimum Gasteiger partial charge on any atom is -0.336 e. The van der Waals surface area contributed by atoms with E-state index in [-0.39, 0.29) is 11.7 Å². The smallest absolute Gasteiger partial charge is 0.257 e. The number of fused-ring (bicyclic) bond motifs is 1. The number of benzene rings is 1. The van der Waals surface area contributed by atoms with E-state index in [4.69, 9.17) is 11.6 Å². The van der Waals surface area contributed by atoms with E-state index < -0.39 is 10.0 Å². The Hall–Kier alpha value is -1.90. The van der Waals surface area contributed by atoms with Crippen molar-refractivity contribution in [1.82, 2.24) is 19.0 Å². The molecule has 1 fully saturated rings. The number of hydrogen-bond acceptors (Lipinski definition) is 4. The molecule has 1 amide bonds. The van der Waals surface area contributed by atoms with Gasteiger partial charge in [0.2, 0.25) is 10.0 Å². The van der Waals surface area contributed by atoms with Gasteiger partial charge in [0.05, 0.1) is 23.2 Å². The quantitative estimate of drug-likeness (QED) is 0.756. The number of rotatable bonds is 4. The molecule has 0 spiro atoms. The Balaban J connectivity index is 1.39. The molecule has 7 nitrogen and oxygen atoms in total. The van der Waals surface area contributed by atoms with Crippen molar-refractivity contribution in [3.05, 3.63) is 52.3 Å². The van der Waals surface area contributed by atoms with E-state index in [1.54, 1.807) is 35.4 Å². The lowest BCUT2D eigenvalue weighted by atomic mass is 10.1. The zero-order valence-corrected chi connectivity index (χ0v) is 17.1. The average molecular weight is 423 g/mol. The zero-order chi connectivity index (χ0) is 19.7. The van der Waals surface area contributed by atoms with E-state index in [1.807, 2.05) is 4.68 Å². The fraction of sp³-hybridized carbons (Fsp3) is 0.474. The van der Waals surface area contributed by atoms with Gasteiger partial charge in [-0.3, -0.25) is 9.48 Å². The monoisotopic (exact) mass is 422 g/mol. The average Bonchev–Trinajstić information content (AvgIpc) is 3.13. The number of aryl methyl sites for hydroxylation is 1. The molecule has 4 rings (SSSR count). The predicted octanol–water partition coefficient (Wildman–Crippen LogP) is 2.16. The van der Waals surface area contributed by atoms with Gasteiger partial charge < -0.3 is 4.90 Å². The lowest BCUT2D eigenvalue weighted by Gasteiger charge is -2.34. The van der Waals surface area contributed by atoms with E-state index >= 15 is 0 Å². The standard InChI is InChI=1S/C19H23ClN4O3S/c20-16-6-4-15(5-7-16)14-28(26,27)23-11-9-22(10-12-23)19(25)17-13-21-24-8-2-1-3-18(17)24/h4-7,13H,1-3,8-12,14H2. The normalized spacial score (nSPS) is 18.1. The summed E-state index contributed by atoms with van der Waals surface area (Å²) in [5, 5.41) is 4.91. The van der Waals surface area contributed by atoms with Crippen LogP contribution in [0.1, 0.15) is 34.5 Å². The molecule has 0 N–H and O–H groups in total. The number of halogens is 1. The van der Waals surface area contributed by atoms with Crippen LogP contribution in [0.3, 0.4) is 0 Å². The minimum atomic E-state index is -3.43. The van der Waals surface area contributed by atoms with Gasteiger partial charge in [0.25, 0.3) is 5.91 Å². The maximum absolute atomic E-state index is 12.9. The molecule has 0 unspecified atom stereocenters. The summed E-state index contributed by atoms with van der Waals surface area (Å²) < 4.78 is 28.8. The Labute approximate surface area is 169 Å². The van der Waals surface area contributed by atoms with Gasteiger partial charge in [0.1, 0.15) is 0 Å². The van der Waals surface area contributed by atoms with Crippen molar-refractivity contribution in [3.8, 4) is 0 Å². The molecule has 9 heteroatoms. The molecule has 0 bridgehead atoms. The van der Waals surface area contributed by atoms with Crippen LogP contribution in [0.15, 0.2) is 30.5 Å². The summed E-state index contributed by atoms with van der Waals surface area (Å²) in [5.41, 5.74) is 2.38. The highest BCUT2D eigenvalue weighted by Gasteiger charge is 2.31. The summed E-state index contributed by atoms with van der Waals surface area (Å²) in [6, 6.07) is 6.83. The van der Waals surface area contributed by atoms with Crippen LogP contribution in [0.2, 0.25) is 5.02 Å². The largest absolute Gasteiger partial charge is 0.336 e. The molecule has 1 aromatic carbocycles. The lowest BCUT2D eigenvalue weighted by Crippen LogP contribution is -2.50. The van der Waals surface area contributed by atoms with Gasteiger partial charge in [-0.1, -0.05) is 23.7 Å².